The molecule has 0 spiro atoms. The summed E-state index contributed by atoms with van der Waals surface area (Å²) in [6.45, 7) is 7.54. The molecule has 2 aliphatic carbocycles. The monoisotopic (exact) mass is 350 g/mol. The molecule has 4 aliphatic rings. The van der Waals surface area contributed by atoms with E-state index in [4.69, 9.17) is 18.9 Å². The summed E-state index contributed by atoms with van der Waals surface area (Å²) < 4.78 is 22.8. The summed E-state index contributed by atoms with van der Waals surface area (Å²) in [5.74, 6) is -3.59. The number of esters is 2. The van der Waals surface area contributed by atoms with Crippen molar-refractivity contribution in [3.05, 3.63) is 25.3 Å². The predicted molar refractivity (Wildman–Crippen MR) is 84.0 cm³/mol. The van der Waals surface area contributed by atoms with E-state index in [1.165, 1.54) is 14.2 Å². The number of carbonyl (C=O) groups excluding carboxylic acids is 2. The Bertz CT molecular complexity index is 616. The smallest absolute Gasteiger partial charge is 0.318 e. The minimum absolute atomic E-state index is 0.205. The largest absolute Gasteiger partial charge is 0.459 e. The number of hydrogen-bond acceptors (Lipinski definition) is 7. The Morgan fingerprint density at radius 1 is 1.00 bits per heavy atom. The zero-order valence-electron chi connectivity index (χ0n) is 14.3. The summed E-state index contributed by atoms with van der Waals surface area (Å²) in [6, 6.07) is 0. The number of aliphatic hydroxyl groups is 1. The maximum absolute atomic E-state index is 13.0. The Morgan fingerprint density at radius 2 is 1.40 bits per heavy atom. The average molecular weight is 350 g/mol. The molecule has 0 aromatic rings. The number of methoxy groups -OCH3 is 2. The first kappa shape index (κ1) is 16.8. The van der Waals surface area contributed by atoms with Crippen molar-refractivity contribution in [2.75, 3.05) is 14.2 Å². The zero-order chi connectivity index (χ0) is 18.2. The molecule has 7 heteroatoms. The molecule has 0 aromatic carbocycles. The summed E-state index contributed by atoms with van der Waals surface area (Å²) in [5.41, 5.74) is -2.54. The summed E-state index contributed by atoms with van der Waals surface area (Å²) in [4.78, 5) is 26.1. The Morgan fingerprint density at radius 3 is 1.72 bits per heavy atom. The lowest BCUT2D eigenvalue weighted by Gasteiger charge is -2.47. The molecule has 4 fully saturated rings. The number of ether oxygens (including phenoxy) is 4. The molecule has 1 N–H and O–H groups in total. The second-order valence-corrected chi connectivity index (χ2v) is 7.24. The average Bonchev–Trinajstić information content (AvgIpc) is 3.20. The van der Waals surface area contributed by atoms with E-state index in [0.29, 0.717) is 0 Å². The lowest BCUT2D eigenvalue weighted by atomic mass is 9.66. The SMILES string of the molecule is C=CC[C@]12C(=O)O[C@H]3C(O)[C@H]4OC(=O)[C@](CC=C)([C@H]4[C@H]31)C2(OC)OC. The third kappa shape index (κ3) is 1.36. The van der Waals surface area contributed by atoms with Gasteiger partial charge in [-0.25, -0.2) is 0 Å². The van der Waals surface area contributed by atoms with Crippen molar-refractivity contribution in [3.63, 3.8) is 0 Å². The molecule has 0 bridgehead atoms. The minimum atomic E-state index is -1.59. The van der Waals surface area contributed by atoms with Gasteiger partial charge in [-0.3, -0.25) is 9.59 Å². The first-order chi connectivity index (χ1) is 11.9. The Balaban J connectivity index is 2.07. The number of allylic oxidation sites excluding steroid dienone is 2. The van der Waals surface area contributed by atoms with Crippen LogP contribution in [0.5, 0.6) is 0 Å². The first-order valence-electron chi connectivity index (χ1n) is 8.35. The molecular formula is C18H22O7. The third-order valence-corrected chi connectivity index (χ3v) is 6.80. The van der Waals surface area contributed by atoms with Crippen LogP contribution in [0.2, 0.25) is 0 Å². The van der Waals surface area contributed by atoms with Crippen LogP contribution in [-0.4, -0.2) is 55.4 Å². The molecule has 2 saturated heterocycles. The van der Waals surface area contributed by atoms with Gasteiger partial charge in [0.1, 0.15) is 29.1 Å². The molecule has 1 unspecified atom stereocenters. The molecule has 136 valence electrons. The van der Waals surface area contributed by atoms with Gasteiger partial charge < -0.3 is 24.1 Å². The molecule has 2 saturated carbocycles. The molecule has 7 nitrogen and oxygen atoms in total. The predicted octanol–water partition coefficient (Wildman–Crippen LogP) is 0.572. The Labute approximate surface area is 145 Å². The van der Waals surface area contributed by atoms with Crippen LogP contribution >= 0.6 is 0 Å². The molecule has 4 rings (SSSR count). The summed E-state index contributed by atoms with van der Waals surface area (Å²) in [7, 11) is 2.83. The van der Waals surface area contributed by atoms with E-state index >= 15 is 0 Å². The van der Waals surface area contributed by atoms with Gasteiger partial charge in [0.05, 0.1) is 0 Å². The van der Waals surface area contributed by atoms with Crippen molar-refractivity contribution >= 4 is 11.9 Å². The van der Waals surface area contributed by atoms with Crippen LogP contribution in [0.4, 0.5) is 0 Å². The Kier molecular flexibility index (Phi) is 3.30. The van der Waals surface area contributed by atoms with Crippen LogP contribution in [-0.2, 0) is 28.5 Å². The van der Waals surface area contributed by atoms with E-state index in [2.05, 4.69) is 13.2 Å². The van der Waals surface area contributed by atoms with Crippen LogP contribution < -0.4 is 0 Å². The topological polar surface area (TPSA) is 91.3 Å². The molecule has 2 aliphatic heterocycles. The zero-order valence-corrected chi connectivity index (χ0v) is 14.3. The van der Waals surface area contributed by atoms with Crippen molar-refractivity contribution in [2.45, 2.75) is 36.9 Å². The summed E-state index contributed by atoms with van der Waals surface area (Å²) in [5, 5.41) is 10.6. The van der Waals surface area contributed by atoms with Crippen molar-refractivity contribution in [3.8, 4) is 0 Å². The van der Waals surface area contributed by atoms with Crippen LogP contribution in [0.3, 0.4) is 0 Å². The van der Waals surface area contributed by atoms with Gasteiger partial charge >= 0.3 is 11.9 Å². The molecule has 0 aromatic heterocycles. The summed E-state index contributed by atoms with van der Waals surface area (Å²) >= 11 is 0. The van der Waals surface area contributed by atoms with Crippen molar-refractivity contribution in [2.24, 2.45) is 22.7 Å². The molecule has 2 heterocycles. The molecular weight excluding hydrogens is 328 g/mol. The lowest BCUT2D eigenvalue weighted by Crippen LogP contribution is -2.62. The second-order valence-electron chi connectivity index (χ2n) is 7.24. The van der Waals surface area contributed by atoms with Crippen LogP contribution in [0.15, 0.2) is 25.3 Å². The highest BCUT2D eigenvalue weighted by Gasteiger charge is 2.93. The van der Waals surface area contributed by atoms with Crippen molar-refractivity contribution in [1.82, 2.24) is 0 Å². The van der Waals surface area contributed by atoms with Gasteiger partial charge in [0, 0.05) is 26.1 Å². The summed E-state index contributed by atoms with van der Waals surface area (Å²) in [6.07, 6.45) is 1.04. The number of aliphatic hydroxyl groups excluding tert-OH is 1. The van der Waals surface area contributed by atoms with Gasteiger partial charge in [-0.2, -0.15) is 0 Å². The highest BCUT2D eigenvalue weighted by molar-refractivity contribution is 5.91. The molecule has 7 atom stereocenters. The van der Waals surface area contributed by atoms with E-state index in [9.17, 15) is 14.7 Å². The highest BCUT2D eigenvalue weighted by atomic mass is 16.7. The fourth-order valence-corrected chi connectivity index (χ4v) is 6.29. The maximum Gasteiger partial charge on any atom is 0.318 e. The third-order valence-electron chi connectivity index (χ3n) is 6.80. The lowest BCUT2D eigenvalue weighted by molar-refractivity contribution is -0.303. The van der Waals surface area contributed by atoms with Crippen molar-refractivity contribution in [1.29, 1.82) is 0 Å². The molecule has 0 amide bonds. The number of hydrogen-bond donors (Lipinski definition) is 1. The Hall–Kier alpha value is -1.70. The van der Waals surface area contributed by atoms with Crippen LogP contribution in [0, 0.1) is 22.7 Å². The highest BCUT2D eigenvalue weighted by Crippen LogP contribution is 2.77. The normalized spacial score (nSPS) is 48.2. The van der Waals surface area contributed by atoms with E-state index in [0.717, 1.165) is 0 Å². The van der Waals surface area contributed by atoms with Crippen LogP contribution in [0.25, 0.3) is 0 Å². The van der Waals surface area contributed by atoms with E-state index in [1.807, 2.05) is 0 Å². The van der Waals surface area contributed by atoms with E-state index in [1.54, 1.807) is 12.2 Å². The standard InChI is InChI=1S/C18H22O7/c1-5-7-16-9-10-13(11(19)12(9)24-14(16)20)25-15(21)17(10,8-6-2)18(16,22-3)23-4/h5-6,9-13,19H,1-2,7-8H2,3-4H3/t9-,10+,11?,12-,13+,16-,17+. The van der Waals surface area contributed by atoms with E-state index in [-0.39, 0.29) is 12.8 Å². The maximum atomic E-state index is 13.0. The van der Waals surface area contributed by atoms with Gasteiger partial charge in [-0.05, 0) is 12.8 Å². The quantitative estimate of drug-likeness (QED) is 0.425. The molecule has 25 heavy (non-hydrogen) atoms. The van der Waals surface area contributed by atoms with E-state index < -0.39 is 58.7 Å². The van der Waals surface area contributed by atoms with Gasteiger partial charge in [-0.15, -0.1) is 13.2 Å². The second kappa shape index (κ2) is 4.93. The van der Waals surface area contributed by atoms with Gasteiger partial charge in [0.15, 0.2) is 0 Å². The van der Waals surface area contributed by atoms with Crippen molar-refractivity contribution < 1.29 is 33.6 Å². The minimum Gasteiger partial charge on any atom is -0.459 e. The van der Waals surface area contributed by atoms with Gasteiger partial charge in [0.25, 0.3) is 0 Å². The van der Waals surface area contributed by atoms with Crippen LogP contribution in [0.1, 0.15) is 12.8 Å². The molecule has 0 radical (unpaired) electrons. The number of rotatable bonds is 6. The first-order valence-corrected chi connectivity index (χ1v) is 8.35. The fraction of sp³-hybridized carbons (Fsp3) is 0.667. The van der Waals surface area contributed by atoms with Gasteiger partial charge in [0.2, 0.25) is 5.79 Å². The fourth-order valence-electron chi connectivity index (χ4n) is 6.29. The number of carbonyl (C=O) groups is 2. The van der Waals surface area contributed by atoms with Gasteiger partial charge in [-0.1, -0.05) is 12.2 Å².